The number of hydrogen-bond acceptors (Lipinski definition) is 6. The molecule has 1 aromatic heterocycles. The Morgan fingerprint density at radius 2 is 1.75 bits per heavy atom. The highest BCUT2D eigenvalue weighted by molar-refractivity contribution is 7.89. The molecule has 2 aromatic carbocycles. The van der Waals surface area contributed by atoms with Gasteiger partial charge in [0.05, 0.1) is 4.90 Å². The highest BCUT2D eigenvalue weighted by atomic mass is 32.2. The minimum absolute atomic E-state index is 0.110. The third kappa shape index (κ3) is 5.51. The lowest BCUT2D eigenvalue weighted by molar-refractivity contribution is 0.598. The van der Waals surface area contributed by atoms with Crippen molar-refractivity contribution in [2.75, 3.05) is 17.2 Å². The minimum atomic E-state index is -3.66. The molecule has 0 saturated carbocycles. The largest absolute Gasteiger partial charge is 0.363 e. The number of rotatable bonds is 8. The molecule has 0 bridgehead atoms. The summed E-state index contributed by atoms with van der Waals surface area (Å²) in [7, 11) is -3.66. The molecule has 1 atom stereocenters. The lowest BCUT2D eigenvalue weighted by Gasteiger charge is -2.15. The molecule has 0 aliphatic heterocycles. The summed E-state index contributed by atoms with van der Waals surface area (Å²) in [4.78, 5) is 8.84. The Morgan fingerprint density at radius 3 is 2.43 bits per heavy atom. The van der Waals surface area contributed by atoms with Crippen LogP contribution in [0.1, 0.15) is 24.1 Å². The maximum atomic E-state index is 11.3. The van der Waals surface area contributed by atoms with Crippen molar-refractivity contribution in [2.24, 2.45) is 5.14 Å². The van der Waals surface area contributed by atoms with E-state index in [-0.39, 0.29) is 10.9 Å². The first-order chi connectivity index (χ1) is 13.4. The summed E-state index contributed by atoms with van der Waals surface area (Å²) >= 11 is 0. The number of nitrogens with two attached hydrogens (primary N) is 1. The van der Waals surface area contributed by atoms with Crippen molar-refractivity contribution in [1.82, 2.24) is 9.97 Å². The maximum absolute atomic E-state index is 11.3. The fraction of sp³-hybridized carbons (Fsp3) is 0.200. The van der Waals surface area contributed by atoms with E-state index in [1.807, 2.05) is 24.3 Å². The van der Waals surface area contributed by atoms with Crippen molar-refractivity contribution >= 4 is 21.8 Å². The minimum Gasteiger partial charge on any atom is -0.363 e. The molecule has 0 radical (unpaired) electrons. The summed E-state index contributed by atoms with van der Waals surface area (Å²) in [6, 6.07) is 18.6. The number of sulfonamides is 1. The van der Waals surface area contributed by atoms with Gasteiger partial charge in [-0.25, -0.2) is 18.5 Å². The number of nitrogens with zero attached hydrogens (tertiary/aromatic N) is 2. The summed E-state index contributed by atoms with van der Waals surface area (Å²) in [5, 5.41) is 11.7. The number of benzene rings is 2. The smallest absolute Gasteiger partial charge is 0.238 e. The Bertz CT molecular complexity index is 1010. The van der Waals surface area contributed by atoms with E-state index < -0.39 is 10.0 Å². The molecule has 4 N–H and O–H groups in total. The predicted molar refractivity (Wildman–Crippen MR) is 111 cm³/mol. The second-order valence-corrected chi connectivity index (χ2v) is 7.97. The molecule has 3 aromatic rings. The number of anilines is 2. The summed E-state index contributed by atoms with van der Waals surface area (Å²) in [5.74, 6) is 1.28. The van der Waals surface area contributed by atoms with Crippen LogP contribution in [0.15, 0.2) is 71.8 Å². The quantitative estimate of drug-likeness (QED) is 0.539. The zero-order valence-electron chi connectivity index (χ0n) is 15.5. The molecule has 0 aliphatic carbocycles. The number of nitrogens with one attached hydrogen (secondary N) is 2. The third-order valence-electron chi connectivity index (χ3n) is 4.27. The van der Waals surface area contributed by atoms with Gasteiger partial charge in [0.25, 0.3) is 0 Å². The van der Waals surface area contributed by atoms with Crippen molar-refractivity contribution < 1.29 is 8.42 Å². The van der Waals surface area contributed by atoms with E-state index in [9.17, 15) is 8.42 Å². The first kappa shape index (κ1) is 19.8. The normalized spacial score (nSPS) is 12.4. The Hall–Kier alpha value is -2.97. The summed E-state index contributed by atoms with van der Waals surface area (Å²) in [6.45, 7) is 2.70. The maximum Gasteiger partial charge on any atom is 0.238 e. The fourth-order valence-corrected chi connectivity index (χ4v) is 3.25. The summed E-state index contributed by atoms with van der Waals surface area (Å²) < 4.78 is 22.6. The van der Waals surface area contributed by atoms with Gasteiger partial charge >= 0.3 is 0 Å². The van der Waals surface area contributed by atoms with Gasteiger partial charge in [-0.05, 0) is 42.7 Å². The van der Waals surface area contributed by atoms with Crippen LogP contribution in [0.5, 0.6) is 0 Å². The average molecular weight is 398 g/mol. The Balaban J connectivity index is 1.55. The molecule has 0 spiro atoms. The molecule has 0 fully saturated rings. The van der Waals surface area contributed by atoms with Crippen molar-refractivity contribution in [1.29, 1.82) is 0 Å². The van der Waals surface area contributed by atoms with Crippen LogP contribution in [0.3, 0.4) is 0 Å². The van der Waals surface area contributed by atoms with Crippen LogP contribution in [0.2, 0.25) is 0 Å². The molecule has 3 rings (SSSR count). The van der Waals surface area contributed by atoms with Crippen molar-refractivity contribution in [3.8, 4) is 0 Å². The number of hydrogen-bond donors (Lipinski definition) is 3. The van der Waals surface area contributed by atoms with Gasteiger partial charge in [0, 0.05) is 18.8 Å². The molecule has 8 heteroatoms. The van der Waals surface area contributed by atoms with Gasteiger partial charge in [-0.1, -0.05) is 42.5 Å². The zero-order chi connectivity index (χ0) is 20.0. The summed E-state index contributed by atoms with van der Waals surface area (Å²) in [5.41, 5.74) is 2.17. The van der Waals surface area contributed by atoms with Crippen molar-refractivity contribution in [2.45, 2.75) is 24.3 Å². The summed E-state index contributed by atoms with van der Waals surface area (Å²) in [6.07, 6.45) is 2.41. The van der Waals surface area contributed by atoms with E-state index in [4.69, 9.17) is 5.14 Å². The molecule has 1 heterocycles. The molecule has 0 aliphatic rings. The number of primary sulfonamides is 1. The second kappa shape index (κ2) is 8.81. The molecule has 0 amide bonds. The van der Waals surface area contributed by atoms with Crippen LogP contribution in [-0.4, -0.2) is 24.9 Å². The molecular weight excluding hydrogens is 374 g/mol. The van der Waals surface area contributed by atoms with Gasteiger partial charge in [-0.3, -0.25) is 0 Å². The Morgan fingerprint density at radius 1 is 1.04 bits per heavy atom. The van der Waals surface area contributed by atoms with Gasteiger partial charge in [0.1, 0.15) is 5.82 Å². The molecule has 146 valence electrons. The highest BCUT2D eigenvalue weighted by Gasteiger charge is 2.08. The van der Waals surface area contributed by atoms with Gasteiger partial charge < -0.3 is 10.6 Å². The fourth-order valence-electron chi connectivity index (χ4n) is 2.74. The van der Waals surface area contributed by atoms with Gasteiger partial charge in [0.2, 0.25) is 16.0 Å². The molecule has 7 nitrogen and oxygen atoms in total. The van der Waals surface area contributed by atoms with Crippen LogP contribution in [0.25, 0.3) is 0 Å². The number of aromatic nitrogens is 2. The lowest BCUT2D eigenvalue weighted by Crippen LogP contribution is -2.13. The second-order valence-electron chi connectivity index (χ2n) is 6.41. The third-order valence-corrected chi connectivity index (χ3v) is 5.20. The topological polar surface area (TPSA) is 110 Å². The lowest BCUT2D eigenvalue weighted by atomic mass is 10.1. The molecule has 0 saturated heterocycles. The molecular formula is C20H23N5O2S. The van der Waals surface area contributed by atoms with Crippen molar-refractivity contribution in [3.63, 3.8) is 0 Å². The van der Waals surface area contributed by atoms with Crippen LogP contribution >= 0.6 is 0 Å². The molecule has 28 heavy (non-hydrogen) atoms. The van der Waals surface area contributed by atoms with Crippen LogP contribution in [-0.2, 0) is 16.4 Å². The van der Waals surface area contributed by atoms with Gasteiger partial charge in [0.15, 0.2) is 0 Å². The van der Waals surface area contributed by atoms with E-state index in [2.05, 4.69) is 39.7 Å². The SMILES string of the molecule is CC(Nc1ccnc(NCCc2ccc(S(N)(=O)=O)cc2)n1)c1ccccc1. The van der Waals surface area contributed by atoms with Crippen molar-refractivity contribution in [3.05, 3.63) is 78.0 Å². The van der Waals surface area contributed by atoms with Gasteiger partial charge in [-0.15, -0.1) is 0 Å². The van der Waals surface area contributed by atoms with E-state index in [0.29, 0.717) is 18.9 Å². The monoisotopic (exact) mass is 397 g/mol. The first-order valence-electron chi connectivity index (χ1n) is 8.92. The van der Waals surface area contributed by atoms with Crippen LogP contribution in [0, 0.1) is 0 Å². The highest BCUT2D eigenvalue weighted by Crippen LogP contribution is 2.18. The van der Waals surface area contributed by atoms with E-state index >= 15 is 0 Å². The van der Waals surface area contributed by atoms with Crippen LogP contribution < -0.4 is 15.8 Å². The average Bonchev–Trinajstić information content (AvgIpc) is 2.69. The van der Waals surface area contributed by atoms with E-state index in [1.54, 1.807) is 18.3 Å². The van der Waals surface area contributed by atoms with Gasteiger partial charge in [-0.2, -0.15) is 4.98 Å². The zero-order valence-corrected chi connectivity index (χ0v) is 16.4. The van der Waals surface area contributed by atoms with E-state index in [1.165, 1.54) is 17.7 Å². The Kier molecular flexibility index (Phi) is 6.23. The first-order valence-corrected chi connectivity index (χ1v) is 10.5. The Labute approximate surface area is 165 Å². The standard InChI is InChI=1S/C20H23N5O2S/c1-15(17-5-3-2-4-6-17)24-19-12-14-23-20(25-19)22-13-11-16-7-9-18(10-8-16)28(21,26)27/h2-10,12,14-15H,11,13H2,1H3,(H2,21,26,27)(H2,22,23,24,25). The van der Waals surface area contributed by atoms with E-state index in [0.717, 1.165) is 11.4 Å². The van der Waals surface area contributed by atoms with Crippen LogP contribution in [0.4, 0.5) is 11.8 Å². The molecule has 1 unspecified atom stereocenters. The predicted octanol–water partition coefficient (Wildman–Crippen LogP) is 2.95.